The molecule has 1 N–H and O–H groups in total. The SMILES string of the molecule is CC(C)N1CC2=CC(CN=C2)CNCc2cncc(c2)CN(C(C)C)Cc2cncc(c2)C1. The Labute approximate surface area is 198 Å². The van der Waals surface area contributed by atoms with Crippen LogP contribution in [0.1, 0.15) is 49.9 Å². The first-order chi connectivity index (χ1) is 16.0. The van der Waals surface area contributed by atoms with Crippen molar-refractivity contribution in [1.82, 2.24) is 25.1 Å². The van der Waals surface area contributed by atoms with E-state index in [9.17, 15) is 0 Å². The second-order valence-corrected chi connectivity index (χ2v) is 10.0. The van der Waals surface area contributed by atoms with Gasteiger partial charge in [0.1, 0.15) is 0 Å². The van der Waals surface area contributed by atoms with Gasteiger partial charge in [-0.2, -0.15) is 0 Å². The number of hydrogen-bond donors (Lipinski definition) is 1. The molecule has 2 aromatic rings. The van der Waals surface area contributed by atoms with Gasteiger partial charge in [-0.1, -0.05) is 18.2 Å². The zero-order valence-electron chi connectivity index (χ0n) is 20.5. The van der Waals surface area contributed by atoms with Crippen LogP contribution in [0, 0.1) is 5.92 Å². The van der Waals surface area contributed by atoms with Crippen molar-refractivity contribution in [3.05, 3.63) is 70.8 Å². The first kappa shape index (κ1) is 23.7. The minimum atomic E-state index is 0.426. The minimum Gasteiger partial charge on any atom is -0.312 e. The lowest BCUT2D eigenvalue weighted by Gasteiger charge is -2.29. The van der Waals surface area contributed by atoms with Gasteiger partial charge in [0.05, 0.1) is 0 Å². The average molecular weight is 447 g/mol. The van der Waals surface area contributed by atoms with Crippen LogP contribution in [0.25, 0.3) is 0 Å². The Morgan fingerprint density at radius 2 is 1.33 bits per heavy atom. The number of nitrogens with zero attached hydrogens (tertiary/aromatic N) is 5. The van der Waals surface area contributed by atoms with Gasteiger partial charge in [-0.05, 0) is 55.5 Å². The third-order valence-corrected chi connectivity index (χ3v) is 6.49. The predicted molar refractivity (Wildman–Crippen MR) is 135 cm³/mol. The Bertz CT molecular complexity index is 980. The first-order valence-electron chi connectivity index (χ1n) is 12.2. The van der Waals surface area contributed by atoms with E-state index in [1.807, 2.05) is 24.8 Å². The maximum atomic E-state index is 4.67. The van der Waals surface area contributed by atoms with Gasteiger partial charge in [0, 0.05) is 94.8 Å². The summed E-state index contributed by atoms with van der Waals surface area (Å²) in [5.41, 5.74) is 6.32. The van der Waals surface area contributed by atoms with Gasteiger partial charge in [-0.25, -0.2) is 0 Å². The quantitative estimate of drug-likeness (QED) is 0.760. The third kappa shape index (κ3) is 6.79. The summed E-state index contributed by atoms with van der Waals surface area (Å²) in [4.78, 5) is 18.8. The lowest BCUT2D eigenvalue weighted by Crippen LogP contribution is -2.34. The van der Waals surface area contributed by atoms with Gasteiger partial charge < -0.3 is 5.32 Å². The predicted octanol–water partition coefficient (Wildman–Crippen LogP) is 3.83. The monoisotopic (exact) mass is 446 g/mol. The van der Waals surface area contributed by atoms with E-state index in [0.29, 0.717) is 18.0 Å². The largest absolute Gasteiger partial charge is 0.312 e. The molecule has 2 aromatic heterocycles. The fourth-order valence-corrected chi connectivity index (χ4v) is 4.54. The van der Waals surface area contributed by atoms with Crippen LogP contribution in [0.5, 0.6) is 0 Å². The fraction of sp³-hybridized carbons (Fsp3) is 0.519. The van der Waals surface area contributed by atoms with Gasteiger partial charge in [0.2, 0.25) is 0 Å². The van der Waals surface area contributed by atoms with Crippen LogP contribution in [0.4, 0.5) is 0 Å². The molecule has 0 saturated carbocycles. The first-order valence-corrected chi connectivity index (χ1v) is 12.2. The van der Waals surface area contributed by atoms with E-state index in [0.717, 1.165) is 45.8 Å². The molecule has 0 fully saturated rings. The maximum Gasteiger partial charge on any atom is 0.0464 e. The molecule has 0 aromatic carbocycles. The summed E-state index contributed by atoms with van der Waals surface area (Å²) in [7, 11) is 0. The molecule has 6 heteroatoms. The normalized spacial score (nSPS) is 21.0. The highest BCUT2D eigenvalue weighted by Gasteiger charge is 2.18. The molecule has 0 aliphatic carbocycles. The van der Waals surface area contributed by atoms with Crippen LogP contribution < -0.4 is 5.32 Å². The van der Waals surface area contributed by atoms with Crippen LogP contribution in [-0.2, 0) is 26.2 Å². The molecular formula is C27H38N6. The van der Waals surface area contributed by atoms with Crippen molar-refractivity contribution in [2.75, 3.05) is 19.6 Å². The highest BCUT2D eigenvalue weighted by molar-refractivity contribution is 5.80. The Morgan fingerprint density at radius 3 is 1.94 bits per heavy atom. The standard InChI is InChI=1S/C27H38N6/c1-20(2)32-16-24-5-22(10-29-12-24)8-28-9-23-6-25(13-30-11-23)17-33(21(3)4)19-27-7-26(18-32)14-31-15-27/h5-7,10,12-15,20-21,23,28H,8-9,11,16-19H2,1-4H3. The molecule has 2 aliphatic rings. The van der Waals surface area contributed by atoms with Gasteiger partial charge in [-0.3, -0.25) is 24.8 Å². The minimum absolute atomic E-state index is 0.426. The van der Waals surface area contributed by atoms with Crippen molar-refractivity contribution in [3.63, 3.8) is 0 Å². The molecule has 0 amide bonds. The van der Waals surface area contributed by atoms with Crippen LogP contribution in [0.15, 0.2) is 53.6 Å². The Morgan fingerprint density at radius 1 is 0.788 bits per heavy atom. The summed E-state index contributed by atoms with van der Waals surface area (Å²) in [5.74, 6) is 0.426. The van der Waals surface area contributed by atoms with E-state index in [4.69, 9.17) is 0 Å². The van der Waals surface area contributed by atoms with Gasteiger partial charge >= 0.3 is 0 Å². The molecule has 4 rings (SSSR count). The lowest BCUT2D eigenvalue weighted by molar-refractivity contribution is 0.202. The van der Waals surface area contributed by atoms with Crippen molar-refractivity contribution in [3.8, 4) is 0 Å². The topological polar surface area (TPSA) is 56.6 Å². The summed E-state index contributed by atoms with van der Waals surface area (Å²) in [6.45, 7) is 15.2. The Balaban J connectivity index is 1.64. The van der Waals surface area contributed by atoms with Gasteiger partial charge in [-0.15, -0.1) is 0 Å². The van der Waals surface area contributed by atoms with Gasteiger partial charge in [0.25, 0.3) is 0 Å². The maximum absolute atomic E-state index is 4.67. The van der Waals surface area contributed by atoms with Crippen LogP contribution in [0.2, 0.25) is 0 Å². The summed E-state index contributed by atoms with van der Waals surface area (Å²) in [5, 5.41) is 3.63. The van der Waals surface area contributed by atoms with Crippen molar-refractivity contribution < 1.29 is 0 Å². The molecule has 6 bridgehead atoms. The van der Waals surface area contributed by atoms with Crippen molar-refractivity contribution in [2.24, 2.45) is 10.9 Å². The number of aliphatic imine (C=N–C) groups is 1. The van der Waals surface area contributed by atoms with E-state index in [-0.39, 0.29) is 0 Å². The fourth-order valence-electron chi connectivity index (χ4n) is 4.54. The number of dihydropyridines is 1. The molecule has 1 atom stereocenters. The molecule has 0 saturated heterocycles. The Kier molecular flexibility index (Phi) is 8.02. The molecule has 1 unspecified atom stereocenters. The molecule has 0 spiro atoms. The molecule has 33 heavy (non-hydrogen) atoms. The van der Waals surface area contributed by atoms with E-state index < -0.39 is 0 Å². The lowest BCUT2D eigenvalue weighted by atomic mass is 10.0. The number of pyridine rings is 2. The molecule has 4 heterocycles. The zero-order chi connectivity index (χ0) is 23.2. The van der Waals surface area contributed by atoms with E-state index in [1.54, 1.807) is 0 Å². The van der Waals surface area contributed by atoms with Crippen molar-refractivity contribution in [1.29, 1.82) is 0 Å². The molecule has 2 aliphatic heterocycles. The van der Waals surface area contributed by atoms with E-state index in [2.05, 4.69) is 82.2 Å². The van der Waals surface area contributed by atoms with E-state index >= 15 is 0 Å². The molecule has 6 nitrogen and oxygen atoms in total. The second-order valence-electron chi connectivity index (χ2n) is 10.0. The number of rotatable bonds is 2. The third-order valence-electron chi connectivity index (χ3n) is 6.49. The van der Waals surface area contributed by atoms with Gasteiger partial charge in [0.15, 0.2) is 0 Å². The summed E-state index contributed by atoms with van der Waals surface area (Å²) < 4.78 is 0. The van der Waals surface area contributed by atoms with Crippen molar-refractivity contribution >= 4 is 6.21 Å². The smallest absolute Gasteiger partial charge is 0.0464 e. The number of fused-ring (bicyclic) bond motifs is 5. The molecule has 176 valence electrons. The highest BCUT2D eigenvalue weighted by atomic mass is 15.2. The number of nitrogens with one attached hydrogen (secondary N) is 1. The second kappa shape index (κ2) is 11.1. The number of hydrogen-bond acceptors (Lipinski definition) is 6. The summed E-state index contributed by atoms with van der Waals surface area (Å²) in [6.07, 6.45) is 12.5. The molecular weight excluding hydrogens is 408 g/mol. The van der Waals surface area contributed by atoms with Crippen molar-refractivity contribution in [2.45, 2.75) is 66.0 Å². The Hall–Kier alpha value is -2.41. The average Bonchev–Trinajstić information content (AvgIpc) is 2.78. The summed E-state index contributed by atoms with van der Waals surface area (Å²) >= 11 is 0. The zero-order valence-corrected chi connectivity index (χ0v) is 20.5. The summed E-state index contributed by atoms with van der Waals surface area (Å²) in [6, 6.07) is 5.48. The van der Waals surface area contributed by atoms with E-state index in [1.165, 1.54) is 27.8 Å². The highest BCUT2D eigenvalue weighted by Crippen LogP contribution is 2.18. The molecule has 0 radical (unpaired) electrons. The van der Waals surface area contributed by atoms with Crippen LogP contribution >= 0.6 is 0 Å². The number of aromatic nitrogens is 2. The van der Waals surface area contributed by atoms with Crippen LogP contribution in [-0.4, -0.2) is 57.7 Å². The van der Waals surface area contributed by atoms with Crippen LogP contribution in [0.3, 0.4) is 0 Å².